The molecule has 2 heterocycles. The van der Waals surface area contributed by atoms with Gasteiger partial charge in [-0.2, -0.15) is 0 Å². The van der Waals surface area contributed by atoms with E-state index in [1.165, 1.54) is 11.8 Å². The molecule has 0 unspecified atom stereocenters. The number of carbonyl (C=O) groups excluding carboxylic acids is 1. The molecule has 1 saturated heterocycles. The van der Waals surface area contributed by atoms with Gasteiger partial charge in [-0.3, -0.25) is 9.69 Å². The molecule has 1 aromatic heterocycles. The average Bonchev–Trinajstić information content (AvgIpc) is 2.55. The molecule has 1 aliphatic rings. The molecule has 0 spiro atoms. The van der Waals surface area contributed by atoms with Gasteiger partial charge in [0.25, 0.3) is 0 Å². The van der Waals surface area contributed by atoms with E-state index >= 15 is 0 Å². The van der Waals surface area contributed by atoms with Crippen molar-refractivity contribution in [2.75, 3.05) is 26.3 Å². The first-order valence-electron chi connectivity index (χ1n) is 7.65. The van der Waals surface area contributed by atoms with Crippen LogP contribution in [0.15, 0.2) is 29.3 Å². The first kappa shape index (κ1) is 16.2. The summed E-state index contributed by atoms with van der Waals surface area (Å²) in [7, 11) is 0. The van der Waals surface area contributed by atoms with Gasteiger partial charge in [0, 0.05) is 18.5 Å². The molecule has 122 valence electrons. The number of fused-ring (bicyclic) bond motifs is 1. The van der Waals surface area contributed by atoms with E-state index in [0.717, 1.165) is 48.1 Å². The monoisotopic (exact) mass is 332 g/mol. The fourth-order valence-corrected chi connectivity index (χ4v) is 3.35. The van der Waals surface area contributed by atoms with Crippen molar-refractivity contribution in [3.63, 3.8) is 0 Å². The summed E-state index contributed by atoms with van der Waals surface area (Å²) < 4.78 is 5.37. The van der Waals surface area contributed by atoms with E-state index in [9.17, 15) is 4.79 Å². The minimum Gasteiger partial charge on any atom is -0.379 e. The van der Waals surface area contributed by atoms with Crippen molar-refractivity contribution in [2.45, 2.75) is 23.7 Å². The molecule has 0 radical (unpaired) electrons. The highest BCUT2D eigenvalue weighted by atomic mass is 32.2. The number of ether oxygens (including phenoxy) is 1. The highest BCUT2D eigenvalue weighted by Gasteiger charge is 2.17. The van der Waals surface area contributed by atoms with Gasteiger partial charge in [0.05, 0.1) is 30.5 Å². The van der Waals surface area contributed by atoms with E-state index in [1.54, 1.807) is 6.92 Å². The van der Waals surface area contributed by atoms with Crippen LogP contribution in [0.5, 0.6) is 0 Å². The van der Waals surface area contributed by atoms with Crippen LogP contribution < -0.4 is 5.73 Å². The molecular weight excluding hydrogens is 312 g/mol. The number of para-hydroxylation sites is 1. The molecule has 0 aliphatic carbocycles. The third kappa shape index (κ3) is 3.99. The van der Waals surface area contributed by atoms with Crippen LogP contribution in [0.3, 0.4) is 0 Å². The molecular formula is C16H20N4O2S. The highest BCUT2D eigenvalue weighted by Crippen LogP contribution is 2.28. The van der Waals surface area contributed by atoms with Crippen LogP contribution in [0, 0.1) is 0 Å². The van der Waals surface area contributed by atoms with Crippen molar-refractivity contribution in [2.24, 2.45) is 5.73 Å². The smallest absolute Gasteiger partial charge is 0.230 e. The van der Waals surface area contributed by atoms with Crippen molar-refractivity contribution in [1.29, 1.82) is 0 Å². The van der Waals surface area contributed by atoms with Crippen molar-refractivity contribution >= 4 is 28.6 Å². The topological polar surface area (TPSA) is 81.3 Å². The molecule has 23 heavy (non-hydrogen) atoms. The van der Waals surface area contributed by atoms with Crippen LogP contribution in [0.1, 0.15) is 12.7 Å². The summed E-state index contributed by atoms with van der Waals surface area (Å²) in [4.78, 5) is 23.0. The number of nitrogens with two attached hydrogens (primary N) is 1. The van der Waals surface area contributed by atoms with Crippen LogP contribution in [-0.4, -0.2) is 52.3 Å². The first-order chi connectivity index (χ1) is 11.1. The van der Waals surface area contributed by atoms with E-state index < -0.39 is 0 Å². The number of hydrogen-bond donors (Lipinski definition) is 1. The maximum absolute atomic E-state index is 11.4. The Morgan fingerprint density at radius 1 is 1.35 bits per heavy atom. The molecule has 2 N–H and O–H groups in total. The number of rotatable bonds is 5. The lowest BCUT2D eigenvalue weighted by Gasteiger charge is -2.26. The minimum atomic E-state index is -0.340. The van der Waals surface area contributed by atoms with E-state index in [2.05, 4.69) is 14.9 Å². The molecule has 1 aliphatic heterocycles. The average molecular weight is 332 g/mol. The van der Waals surface area contributed by atoms with Gasteiger partial charge in [-0.25, -0.2) is 9.97 Å². The summed E-state index contributed by atoms with van der Waals surface area (Å²) in [6.45, 7) is 5.74. The molecule has 3 rings (SSSR count). The van der Waals surface area contributed by atoms with E-state index in [0.29, 0.717) is 6.54 Å². The maximum atomic E-state index is 11.4. The van der Waals surface area contributed by atoms with Crippen LogP contribution in [0.2, 0.25) is 0 Å². The van der Waals surface area contributed by atoms with Crippen LogP contribution in [0.4, 0.5) is 0 Å². The van der Waals surface area contributed by atoms with E-state index in [-0.39, 0.29) is 11.2 Å². The lowest BCUT2D eigenvalue weighted by molar-refractivity contribution is -0.117. The lowest BCUT2D eigenvalue weighted by Crippen LogP contribution is -2.36. The molecule has 2 aromatic rings. The zero-order valence-electron chi connectivity index (χ0n) is 13.1. The fraction of sp³-hybridized carbons (Fsp3) is 0.438. The number of primary amides is 1. The highest BCUT2D eigenvalue weighted by molar-refractivity contribution is 8.00. The second-order valence-electron chi connectivity index (χ2n) is 5.51. The minimum absolute atomic E-state index is 0.329. The summed E-state index contributed by atoms with van der Waals surface area (Å²) in [5.74, 6) is 0.428. The zero-order chi connectivity index (χ0) is 16.2. The number of thioether (sulfide) groups is 1. The van der Waals surface area contributed by atoms with Gasteiger partial charge < -0.3 is 10.5 Å². The predicted octanol–water partition coefficient (Wildman–Crippen LogP) is 1.43. The zero-order valence-corrected chi connectivity index (χ0v) is 13.9. The van der Waals surface area contributed by atoms with Gasteiger partial charge in [-0.15, -0.1) is 0 Å². The maximum Gasteiger partial charge on any atom is 0.230 e. The molecule has 0 bridgehead atoms. The Morgan fingerprint density at radius 3 is 2.83 bits per heavy atom. The lowest BCUT2D eigenvalue weighted by atomic mass is 10.2. The Bertz CT molecular complexity index is 704. The van der Waals surface area contributed by atoms with Crippen molar-refractivity contribution in [3.05, 3.63) is 30.1 Å². The number of hydrogen-bond acceptors (Lipinski definition) is 6. The molecule has 0 saturated carbocycles. The Balaban J connectivity index is 1.90. The largest absolute Gasteiger partial charge is 0.379 e. The Hall–Kier alpha value is -1.70. The molecule has 1 amide bonds. The second-order valence-corrected chi connectivity index (χ2v) is 6.84. The number of aromatic nitrogens is 2. The van der Waals surface area contributed by atoms with Crippen LogP contribution in [-0.2, 0) is 16.1 Å². The Kier molecular flexibility index (Phi) is 5.09. The number of morpholine rings is 1. The SMILES string of the molecule is C[C@@H](Sc1nc(CN2CCOCC2)nc2ccccc12)C(N)=O. The van der Waals surface area contributed by atoms with Crippen LogP contribution >= 0.6 is 11.8 Å². The van der Waals surface area contributed by atoms with E-state index in [1.807, 2.05) is 24.3 Å². The summed E-state index contributed by atoms with van der Waals surface area (Å²) in [6, 6.07) is 7.86. The Morgan fingerprint density at radius 2 is 2.09 bits per heavy atom. The first-order valence-corrected chi connectivity index (χ1v) is 8.53. The van der Waals surface area contributed by atoms with Crippen molar-refractivity contribution < 1.29 is 9.53 Å². The Labute approximate surface area is 139 Å². The second kappa shape index (κ2) is 7.25. The third-order valence-corrected chi connectivity index (χ3v) is 4.89. The normalized spacial score (nSPS) is 17.3. The summed E-state index contributed by atoms with van der Waals surface area (Å²) in [5.41, 5.74) is 6.28. The number of amides is 1. The quantitative estimate of drug-likeness (QED) is 0.659. The molecule has 6 nitrogen and oxygen atoms in total. The fourth-order valence-electron chi connectivity index (χ4n) is 2.44. The van der Waals surface area contributed by atoms with Crippen molar-refractivity contribution in [3.8, 4) is 0 Å². The molecule has 1 atom stereocenters. The van der Waals surface area contributed by atoms with Gasteiger partial charge in [0.1, 0.15) is 10.9 Å². The standard InChI is InChI=1S/C16H20N4O2S/c1-11(15(17)21)23-16-12-4-2-3-5-13(12)18-14(19-16)10-20-6-8-22-9-7-20/h2-5,11H,6-10H2,1H3,(H2,17,21)/t11-/m1/s1. The number of carbonyl (C=O) groups is 1. The van der Waals surface area contributed by atoms with Gasteiger partial charge in [0.2, 0.25) is 5.91 Å². The summed E-state index contributed by atoms with van der Waals surface area (Å²) in [6.07, 6.45) is 0. The van der Waals surface area contributed by atoms with Gasteiger partial charge in [-0.1, -0.05) is 30.0 Å². The van der Waals surface area contributed by atoms with E-state index in [4.69, 9.17) is 10.5 Å². The third-order valence-electron chi connectivity index (χ3n) is 3.77. The van der Waals surface area contributed by atoms with Crippen LogP contribution in [0.25, 0.3) is 10.9 Å². The van der Waals surface area contributed by atoms with Crippen molar-refractivity contribution in [1.82, 2.24) is 14.9 Å². The molecule has 7 heteroatoms. The van der Waals surface area contributed by atoms with Gasteiger partial charge in [-0.05, 0) is 13.0 Å². The summed E-state index contributed by atoms with van der Waals surface area (Å²) in [5, 5.41) is 1.44. The molecule has 1 fully saturated rings. The van der Waals surface area contributed by atoms with Gasteiger partial charge in [0.15, 0.2) is 0 Å². The van der Waals surface area contributed by atoms with Gasteiger partial charge >= 0.3 is 0 Å². The summed E-state index contributed by atoms with van der Waals surface area (Å²) >= 11 is 1.39. The number of benzene rings is 1. The predicted molar refractivity (Wildman–Crippen MR) is 90.1 cm³/mol. The molecule has 1 aromatic carbocycles. The number of nitrogens with zero attached hydrogens (tertiary/aromatic N) is 3.